The van der Waals surface area contributed by atoms with Crippen molar-refractivity contribution in [3.8, 4) is 19.5 Å². The summed E-state index contributed by atoms with van der Waals surface area (Å²) in [6.07, 6.45) is 21.9. The number of benzene rings is 2. The van der Waals surface area contributed by atoms with Gasteiger partial charge in [0, 0.05) is 76.3 Å². The summed E-state index contributed by atoms with van der Waals surface area (Å²) < 4.78 is 0. The van der Waals surface area contributed by atoms with Gasteiger partial charge in [-0.15, -0.1) is 45.3 Å². The molecule has 6 saturated carbocycles. The molecule has 2 aromatic carbocycles. The largest absolute Gasteiger partial charge is 0.292 e. The number of nitrogens with zero attached hydrogens (tertiary/aromatic N) is 2. The van der Waals surface area contributed by atoms with E-state index in [1.807, 2.05) is 0 Å². The van der Waals surface area contributed by atoms with Crippen LogP contribution >= 0.6 is 45.3 Å². The maximum Gasteiger partial charge on any atom is 0.197 e. The van der Waals surface area contributed by atoms with Crippen LogP contribution in [0, 0.1) is 23.7 Å². The van der Waals surface area contributed by atoms with Crippen molar-refractivity contribution in [2.45, 2.75) is 126 Å². The van der Waals surface area contributed by atoms with E-state index >= 15 is 0 Å². The molecule has 4 atom stereocenters. The zero-order valence-corrected chi connectivity index (χ0v) is 47.2. The highest BCUT2D eigenvalue weighted by atomic mass is 32.1. The lowest BCUT2D eigenvalue weighted by atomic mass is 9.68. The van der Waals surface area contributed by atoms with Gasteiger partial charge in [-0.2, -0.15) is 0 Å². The fourth-order valence-electron chi connectivity index (χ4n) is 15.6. The Morgan fingerprint density at radius 1 is 0.375 bits per heavy atom. The fraction of sp³-hybridized carbons (Fsp3) is 0.364. The van der Waals surface area contributed by atoms with Gasteiger partial charge in [-0.05, 0) is 110 Å². The van der Waals surface area contributed by atoms with Gasteiger partial charge < -0.3 is 0 Å². The number of ketones is 8. The van der Waals surface area contributed by atoms with E-state index < -0.39 is 0 Å². The van der Waals surface area contributed by atoms with E-state index in [9.17, 15) is 38.4 Å². The molecule has 6 aromatic rings. The van der Waals surface area contributed by atoms with Crippen LogP contribution in [0.3, 0.4) is 0 Å². The zero-order chi connectivity index (χ0) is 54.3. The summed E-state index contributed by atoms with van der Waals surface area (Å²) in [4.78, 5) is 121. The van der Waals surface area contributed by atoms with Crippen LogP contribution in [-0.2, 0) is 30.0 Å². The van der Waals surface area contributed by atoms with Crippen LogP contribution in [0.5, 0.6) is 0 Å². The number of aliphatic imine (C=N–C) groups is 2. The van der Waals surface area contributed by atoms with E-state index in [4.69, 9.17) is 9.98 Å². The predicted molar refractivity (Wildman–Crippen MR) is 314 cm³/mol. The first-order valence-corrected chi connectivity index (χ1v) is 31.9. The number of rotatable bonds is 4. The van der Waals surface area contributed by atoms with Crippen molar-refractivity contribution in [3.05, 3.63) is 138 Å². The van der Waals surface area contributed by atoms with Crippen molar-refractivity contribution in [3.63, 3.8) is 0 Å². The number of carbonyl (C=O) groups is 8. The lowest BCUT2D eigenvalue weighted by Gasteiger charge is -2.34. The Morgan fingerprint density at radius 2 is 0.675 bits per heavy atom. The smallest absolute Gasteiger partial charge is 0.197 e. The van der Waals surface area contributed by atoms with Crippen LogP contribution in [0.1, 0.15) is 189 Å². The molecule has 10 aliphatic carbocycles. The van der Waals surface area contributed by atoms with Crippen molar-refractivity contribution in [1.82, 2.24) is 0 Å². The van der Waals surface area contributed by atoms with Crippen LogP contribution in [0.15, 0.2) is 93.9 Å². The van der Waals surface area contributed by atoms with Crippen molar-refractivity contribution >= 4 is 125 Å². The molecule has 10 aliphatic rings. The number of hydrogen-bond acceptors (Lipinski definition) is 14. The van der Waals surface area contributed by atoms with Gasteiger partial charge in [0.25, 0.3) is 0 Å². The average molecular weight is 1130 g/mol. The van der Waals surface area contributed by atoms with E-state index in [0.29, 0.717) is 22.3 Å². The molecule has 0 radical (unpaired) electrons. The number of carbonyl (C=O) groups excluding carboxylic acids is 8. The first-order chi connectivity index (χ1) is 38.9. The molecule has 80 heavy (non-hydrogen) atoms. The van der Waals surface area contributed by atoms with Gasteiger partial charge in [-0.25, -0.2) is 9.98 Å². The van der Waals surface area contributed by atoms with Gasteiger partial charge >= 0.3 is 0 Å². The Hall–Kier alpha value is -6.58. The second-order valence-electron chi connectivity index (χ2n) is 23.6. The SMILES string of the molecule is O=C1C(=Cc2cc3c(s2)-c2sc(C=C4C(=O)c5ccccc5C4=O)cc2C32CCCCC2)C(=O)c2ccccc21.O=C1C(=Nc2cc3c(s2)-c2sc(N=C4C(=O)C5CCCCC5C4=O)cc2C32CCCCC2)C(=O)C2CCCCC12. The van der Waals surface area contributed by atoms with Gasteiger partial charge in [0.1, 0.15) is 10.0 Å². The van der Waals surface area contributed by atoms with Crippen molar-refractivity contribution in [2.75, 3.05) is 0 Å². The Labute approximate surface area is 478 Å². The van der Waals surface area contributed by atoms with Gasteiger partial charge in [-0.3, -0.25) is 38.4 Å². The normalized spacial score (nSPS) is 24.4. The standard InChI is InChI=1S/C34H22O4S2.C32H32N2O4S2/c35-28-20-8-2-3-9-21(20)29(36)24(28)14-18-16-26-32(39-18)33-27(34(26)12-6-1-7-13-34)17-19(40-33)15-25-30(37)22-10-4-5-11-23(22)31(25)38;35-26-16-8-2-3-9-17(16)27(36)24(26)33-22-14-20-30(39-22)31-21(32(20)12-6-1-7-13-32)15-23(40-31)34-25-28(37)18-10-4-5-11-19(18)29(25)38/h2-5,8-11,14-17H,1,6-7,12-13H2;14-19H,1-13H2. The van der Waals surface area contributed by atoms with E-state index in [2.05, 4.69) is 24.3 Å². The molecule has 4 aromatic heterocycles. The topological polar surface area (TPSA) is 161 Å². The van der Waals surface area contributed by atoms with E-state index in [0.717, 1.165) is 132 Å². The molecule has 6 fully saturated rings. The lowest BCUT2D eigenvalue weighted by Crippen LogP contribution is -2.27. The molecule has 0 aliphatic heterocycles. The van der Waals surface area contributed by atoms with E-state index in [1.165, 1.54) is 44.8 Å². The first kappa shape index (κ1) is 50.4. The quantitative estimate of drug-likeness (QED) is 0.124. The maximum atomic E-state index is 13.1. The summed E-state index contributed by atoms with van der Waals surface area (Å²) in [5.74, 6) is -1.77. The van der Waals surface area contributed by atoms with Crippen LogP contribution in [0.25, 0.3) is 31.7 Å². The highest BCUT2D eigenvalue weighted by Crippen LogP contribution is 2.64. The molecule has 4 heterocycles. The molecule has 10 nitrogen and oxygen atoms in total. The number of hydrogen-bond donors (Lipinski definition) is 0. The summed E-state index contributed by atoms with van der Waals surface area (Å²) >= 11 is 6.38. The highest BCUT2D eigenvalue weighted by molar-refractivity contribution is 7.26. The Kier molecular flexibility index (Phi) is 12.0. The minimum absolute atomic E-state index is 0.0583. The maximum absolute atomic E-state index is 13.1. The number of thiophene rings is 4. The van der Waals surface area contributed by atoms with Crippen molar-refractivity contribution in [1.29, 1.82) is 0 Å². The first-order valence-electron chi connectivity index (χ1n) is 28.6. The lowest BCUT2D eigenvalue weighted by molar-refractivity contribution is -0.120. The van der Waals surface area contributed by atoms with Gasteiger partial charge in [0.05, 0.1) is 20.9 Å². The summed E-state index contributed by atoms with van der Waals surface area (Å²) in [6.45, 7) is 0. The summed E-state index contributed by atoms with van der Waals surface area (Å²) in [5.41, 5.74) is 7.57. The van der Waals surface area contributed by atoms with Crippen LogP contribution in [-0.4, -0.2) is 57.7 Å². The summed E-state index contributed by atoms with van der Waals surface area (Å²) in [6, 6.07) is 22.7. The van der Waals surface area contributed by atoms with Gasteiger partial charge in [-0.1, -0.05) is 113 Å². The second-order valence-corrected chi connectivity index (χ2v) is 27.8. The Balaban J connectivity index is 0.000000138. The van der Waals surface area contributed by atoms with Gasteiger partial charge in [0.2, 0.25) is 0 Å². The molecule has 4 unspecified atom stereocenters. The van der Waals surface area contributed by atoms with Crippen molar-refractivity contribution in [2.24, 2.45) is 33.7 Å². The van der Waals surface area contributed by atoms with Crippen LogP contribution in [0.2, 0.25) is 0 Å². The molecule has 0 N–H and O–H groups in total. The third-order valence-electron chi connectivity index (χ3n) is 19.5. The monoisotopic (exact) mass is 1130 g/mol. The molecule has 0 amide bonds. The third-order valence-corrected chi connectivity index (χ3v) is 24.0. The van der Waals surface area contributed by atoms with E-state index in [1.54, 1.807) is 106 Å². The summed E-state index contributed by atoms with van der Waals surface area (Å²) in [5, 5.41) is 1.48. The summed E-state index contributed by atoms with van der Waals surface area (Å²) in [7, 11) is 0. The van der Waals surface area contributed by atoms with Crippen molar-refractivity contribution < 1.29 is 38.4 Å². The van der Waals surface area contributed by atoms with Gasteiger partial charge in [0.15, 0.2) is 57.7 Å². The minimum Gasteiger partial charge on any atom is -0.292 e. The minimum atomic E-state index is -0.209. The molecule has 0 saturated heterocycles. The number of Topliss-reactive ketones (excluding diaryl/α,β-unsaturated/α-hetero) is 8. The second kappa shape index (κ2) is 19.0. The molecule has 0 bridgehead atoms. The third kappa shape index (κ3) is 7.49. The molecule has 14 heteroatoms. The predicted octanol–water partition coefficient (Wildman–Crippen LogP) is 15.1. The molecule has 16 rings (SSSR count). The number of fused-ring (bicyclic) bond motifs is 14. The zero-order valence-electron chi connectivity index (χ0n) is 43.9. The Bertz CT molecular complexity index is 3600. The molecule has 400 valence electrons. The van der Waals surface area contributed by atoms with Crippen LogP contribution < -0.4 is 0 Å². The molecule has 2 spiro atoms. The van der Waals surface area contributed by atoms with E-state index in [-0.39, 0.29) is 103 Å². The average Bonchev–Trinajstić information content (AvgIpc) is 4.44. The van der Waals surface area contributed by atoms with Crippen LogP contribution in [0.4, 0.5) is 10.0 Å². The fourth-order valence-corrected chi connectivity index (χ4v) is 20.6. The molecular weight excluding hydrogens is 1080 g/mol. The number of allylic oxidation sites excluding steroid dienone is 2. The molecular formula is C66H54N2O8S4. The highest BCUT2D eigenvalue weighted by Gasteiger charge is 2.52. The Morgan fingerprint density at radius 3 is 1.00 bits per heavy atom.